The molecule has 0 atom stereocenters. The molecule has 0 aliphatic rings. The van der Waals surface area contributed by atoms with Crippen LogP contribution in [0.5, 0.6) is 0 Å². The van der Waals surface area contributed by atoms with Crippen molar-refractivity contribution < 1.29 is 18.0 Å². The fourth-order valence-corrected chi connectivity index (χ4v) is 3.50. The smallest absolute Gasteiger partial charge is 0.350 e. The van der Waals surface area contributed by atoms with E-state index >= 15 is 0 Å². The molecule has 1 aromatic carbocycles. The van der Waals surface area contributed by atoms with Crippen LogP contribution in [0.15, 0.2) is 42.7 Å². The second kappa shape index (κ2) is 7.53. The summed E-state index contributed by atoms with van der Waals surface area (Å²) >= 11 is 0. The summed E-state index contributed by atoms with van der Waals surface area (Å²) in [5, 5.41) is 7.30. The highest BCUT2D eigenvalue weighted by atomic mass is 19.4. The average molecular weight is 428 g/mol. The topological polar surface area (TPSA) is 77.6 Å². The molecule has 4 rings (SSSR count). The molecule has 3 heterocycles. The van der Waals surface area contributed by atoms with Gasteiger partial charge in [0, 0.05) is 61.1 Å². The molecule has 0 aliphatic heterocycles. The molecule has 0 radical (unpaired) electrons. The van der Waals surface area contributed by atoms with Crippen LogP contribution >= 0.6 is 0 Å². The summed E-state index contributed by atoms with van der Waals surface area (Å²) in [6.07, 6.45) is -1.03. The zero-order valence-electron chi connectivity index (χ0n) is 17.0. The molecule has 0 unspecified atom stereocenters. The van der Waals surface area contributed by atoms with Crippen LogP contribution in [0.4, 0.5) is 13.2 Å². The van der Waals surface area contributed by atoms with Gasteiger partial charge in [0.05, 0.1) is 5.69 Å². The molecule has 1 N–H and O–H groups in total. The van der Waals surface area contributed by atoms with Gasteiger partial charge in [-0.3, -0.25) is 9.48 Å². The molecular weight excluding hydrogens is 409 g/mol. The Bertz CT molecular complexity index is 1290. The molecule has 0 aliphatic carbocycles. The lowest BCUT2D eigenvalue weighted by Crippen LogP contribution is -2.24. The predicted octanol–water partition coefficient (Wildman–Crippen LogP) is 3.63. The monoisotopic (exact) mass is 428 g/mol. The van der Waals surface area contributed by atoms with Crippen molar-refractivity contribution in [2.45, 2.75) is 19.6 Å². The van der Waals surface area contributed by atoms with Crippen molar-refractivity contribution in [1.29, 1.82) is 0 Å². The van der Waals surface area contributed by atoms with Crippen LogP contribution in [-0.4, -0.2) is 30.2 Å². The van der Waals surface area contributed by atoms with E-state index in [0.717, 1.165) is 29.6 Å². The number of amides is 1. The van der Waals surface area contributed by atoms with Crippen molar-refractivity contribution >= 4 is 16.8 Å². The molecule has 0 bridgehead atoms. The lowest BCUT2D eigenvalue weighted by Gasteiger charge is -2.09. The third-order valence-corrected chi connectivity index (χ3v) is 4.98. The van der Waals surface area contributed by atoms with Crippen molar-refractivity contribution in [3.8, 4) is 11.3 Å². The van der Waals surface area contributed by atoms with Gasteiger partial charge < -0.3 is 9.88 Å². The highest BCUT2D eigenvalue weighted by molar-refractivity contribution is 5.96. The highest BCUT2D eigenvalue weighted by Crippen LogP contribution is 2.31. The summed E-state index contributed by atoms with van der Waals surface area (Å²) in [7, 11) is 3.08. The molecule has 1 amide bonds. The van der Waals surface area contributed by atoms with Crippen LogP contribution < -0.4 is 5.32 Å². The number of rotatable bonds is 4. The van der Waals surface area contributed by atoms with Gasteiger partial charge in [-0.15, -0.1) is 0 Å². The normalized spacial score (nSPS) is 11.8. The first-order valence-electron chi connectivity index (χ1n) is 9.41. The number of benzene rings is 1. The zero-order chi connectivity index (χ0) is 22.3. The Morgan fingerprint density at radius 2 is 1.94 bits per heavy atom. The maximum atomic E-state index is 13.0. The first-order chi connectivity index (χ1) is 14.6. The summed E-state index contributed by atoms with van der Waals surface area (Å²) in [5.41, 5.74) is 1.90. The quantitative estimate of drug-likeness (QED) is 0.539. The molecule has 10 heteroatoms. The average Bonchev–Trinajstić information content (AvgIpc) is 3.27. The molecule has 7 nitrogen and oxygen atoms in total. The number of hydrogen-bond acceptors (Lipinski definition) is 4. The Hall–Kier alpha value is -3.69. The van der Waals surface area contributed by atoms with Gasteiger partial charge in [-0.05, 0) is 13.0 Å². The van der Waals surface area contributed by atoms with Crippen LogP contribution in [0.3, 0.4) is 0 Å². The lowest BCUT2D eigenvalue weighted by atomic mass is 10.1. The van der Waals surface area contributed by atoms with E-state index in [-0.39, 0.29) is 12.2 Å². The SMILES string of the molecule is Cc1ncc(CNC(=O)c2cc(C(F)(F)F)n(C)n2)c(-c2cn(C)c3ccccc23)n1. The van der Waals surface area contributed by atoms with Crippen molar-refractivity contribution in [1.82, 2.24) is 29.6 Å². The fourth-order valence-electron chi connectivity index (χ4n) is 3.50. The maximum absolute atomic E-state index is 13.0. The third-order valence-electron chi connectivity index (χ3n) is 4.98. The molecule has 160 valence electrons. The summed E-state index contributed by atoms with van der Waals surface area (Å²) in [4.78, 5) is 21.2. The van der Waals surface area contributed by atoms with Gasteiger partial charge in [0.25, 0.3) is 5.91 Å². The summed E-state index contributed by atoms with van der Waals surface area (Å²) in [5.74, 6) is -0.145. The number of aromatic nitrogens is 5. The molecule has 0 saturated heterocycles. The molecular formula is C21H19F3N6O. The first-order valence-corrected chi connectivity index (χ1v) is 9.41. The Labute approximate surface area is 175 Å². The number of para-hydroxylation sites is 1. The standard InChI is InChI=1S/C21H19F3N6O/c1-12-25-9-13(10-26-20(31)16-8-18(21(22,23)24)30(3)28-16)19(27-12)15-11-29(2)17-7-5-4-6-14(15)17/h4-9,11H,10H2,1-3H3,(H,26,31). The Morgan fingerprint density at radius 1 is 1.19 bits per heavy atom. The molecule has 4 aromatic rings. The van der Waals surface area contributed by atoms with E-state index in [1.54, 1.807) is 13.1 Å². The number of nitrogens with zero attached hydrogens (tertiary/aromatic N) is 5. The van der Waals surface area contributed by atoms with E-state index in [1.165, 1.54) is 0 Å². The van der Waals surface area contributed by atoms with Crippen molar-refractivity contribution in [2.75, 3.05) is 0 Å². The largest absolute Gasteiger partial charge is 0.433 e. The first kappa shape index (κ1) is 20.6. The minimum atomic E-state index is -4.59. The lowest BCUT2D eigenvalue weighted by molar-refractivity contribution is -0.143. The second-order valence-electron chi connectivity index (χ2n) is 7.18. The molecule has 0 saturated carbocycles. The van der Waals surface area contributed by atoms with Crippen molar-refractivity contribution in [2.24, 2.45) is 14.1 Å². The van der Waals surface area contributed by atoms with Gasteiger partial charge in [-0.2, -0.15) is 18.3 Å². The minimum absolute atomic E-state index is 0.0373. The molecule has 3 aromatic heterocycles. The third kappa shape index (κ3) is 3.88. The van der Waals surface area contributed by atoms with Gasteiger partial charge in [-0.1, -0.05) is 18.2 Å². The van der Waals surface area contributed by atoms with Crippen molar-refractivity contribution in [3.05, 3.63) is 65.5 Å². The van der Waals surface area contributed by atoms with E-state index in [2.05, 4.69) is 20.4 Å². The van der Waals surface area contributed by atoms with Gasteiger partial charge in [0.15, 0.2) is 5.69 Å². The van der Waals surface area contributed by atoms with Gasteiger partial charge >= 0.3 is 6.18 Å². The van der Waals surface area contributed by atoms with Gasteiger partial charge in [-0.25, -0.2) is 9.97 Å². The van der Waals surface area contributed by atoms with Crippen LogP contribution in [0.25, 0.3) is 22.2 Å². The Balaban J connectivity index is 1.64. The van der Waals surface area contributed by atoms with Crippen LogP contribution in [0, 0.1) is 6.92 Å². The summed E-state index contributed by atoms with van der Waals surface area (Å²) in [6.45, 7) is 1.80. The number of carbonyl (C=O) groups is 1. The van der Waals surface area contributed by atoms with Gasteiger partial charge in [0.2, 0.25) is 0 Å². The number of nitrogens with one attached hydrogen (secondary N) is 1. The number of carbonyl (C=O) groups excluding carboxylic acids is 1. The molecule has 0 spiro atoms. The minimum Gasteiger partial charge on any atom is -0.350 e. The fraction of sp³-hybridized carbons (Fsp3) is 0.238. The van der Waals surface area contributed by atoms with Crippen LogP contribution in [0.2, 0.25) is 0 Å². The highest BCUT2D eigenvalue weighted by Gasteiger charge is 2.35. The van der Waals surface area contributed by atoms with E-state index in [1.807, 2.05) is 42.1 Å². The van der Waals surface area contributed by atoms with Crippen molar-refractivity contribution in [3.63, 3.8) is 0 Å². The van der Waals surface area contributed by atoms with E-state index in [4.69, 9.17) is 0 Å². The second-order valence-corrected chi connectivity index (χ2v) is 7.18. The number of hydrogen-bond donors (Lipinski definition) is 1. The number of alkyl halides is 3. The number of fused-ring (bicyclic) bond motifs is 1. The number of halogens is 3. The summed E-state index contributed by atoms with van der Waals surface area (Å²) in [6, 6.07) is 8.58. The molecule has 0 fully saturated rings. The van der Waals surface area contributed by atoms with E-state index < -0.39 is 17.8 Å². The van der Waals surface area contributed by atoms with E-state index in [9.17, 15) is 18.0 Å². The van der Waals surface area contributed by atoms with E-state index in [0.29, 0.717) is 21.8 Å². The number of aryl methyl sites for hydroxylation is 3. The van der Waals surface area contributed by atoms with Crippen LogP contribution in [-0.2, 0) is 26.8 Å². The van der Waals surface area contributed by atoms with Gasteiger partial charge in [0.1, 0.15) is 11.5 Å². The molecule has 31 heavy (non-hydrogen) atoms. The maximum Gasteiger partial charge on any atom is 0.433 e. The summed E-state index contributed by atoms with van der Waals surface area (Å²) < 4.78 is 41.5. The Morgan fingerprint density at radius 3 is 2.65 bits per heavy atom. The predicted molar refractivity (Wildman–Crippen MR) is 108 cm³/mol. The zero-order valence-corrected chi connectivity index (χ0v) is 17.0. The van der Waals surface area contributed by atoms with Crippen LogP contribution in [0.1, 0.15) is 27.6 Å². The Kier molecular flexibility index (Phi) is 5.00.